The average Bonchev–Trinajstić information content (AvgIpc) is 3.20. The molecule has 0 amide bonds. The first kappa shape index (κ1) is 21.0. The summed E-state index contributed by atoms with van der Waals surface area (Å²) in [4.78, 5) is 4.09. The summed E-state index contributed by atoms with van der Waals surface area (Å²) in [5, 5.41) is 12.4. The van der Waals surface area contributed by atoms with Crippen LogP contribution in [0.4, 0.5) is 0 Å². The molecule has 0 spiro atoms. The molecule has 1 aliphatic heterocycles. The number of nitrogens with one attached hydrogen (secondary N) is 1. The van der Waals surface area contributed by atoms with E-state index in [0.29, 0.717) is 11.6 Å². The Morgan fingerprint density at radius 1 is 1.07 bits per heavy atom. The first-order chi connectivity index (χ1) is 14.2. The molecule has 2 aromatic heterocycles. The van der Waals surface area contributed by atoms with Crippen LogP contribution in [0.25, 0.3) is 16.9 Å². The number of rotatable bonds is 5. The Bertz CT molecular complexity index is 987. The fourth-order valence-corrected chi connectivity index (χ4v) is 4.73. The molecule has 0 saturated carbocycles. The quantitative estimate of drug-likeness (QED) is 0.491. The maximum Gasteiger partial charge on any atom is 0.233 e. The summed E-state index contributed by atoms with van der Waals surface area (Å²) in [5.41, 5.74) is 2.60. The maximum absolute atomic E-state index is 6.19. The molecule has 0 aliphatic carbocycles. The van der Waals surface area contributed by atoms with Crippen LogP contribution in [-0.2, 0) is 0 Å². The minimum absolute atomic E-state index is 0.0172. The van der Waals surface area contributed by atoms with Crippen molar-refractivity contribution in [3.8, 4) is 28.6 Å². The van der Waals surface area contributed by atoms with E-state index in [0.717, 1.165) is 29.8 Å². The van der Waals surface area contributed by atoms with Gasteiger partial charge in [-0.2, -0.15) is 0 Å². The van der Waals surface area contributed by atoms with E-state index in [-0.39, 0.29) is 17.2 Å². The summed E-state index contributed by atoms with van der Waals surface area (Å²) < 4.78 is 13.7. The lowest BCUT2D eigenvalue weighted by molar-refractivity contribution is 0.0524. The molecule has 1 fully saturated rings. The molecule has 7 nitrogen and oxygen atoms in total. The largest absolute Gasteiger partial charge is 0.473 e. The third kappa shape index (κ3) is 4.75. The van der Waals surface area contributed by atoms with Crippen molar-refractivity contribution < 1.29 is 7.80 Å². The second-order valence-corrected chi connectivity index (χ2v) is 9.47. The van der Waals surface area contributed by atoms with Crippen molar-refractivity contribution in [2.75, 3.05) is 0 Å². The fraction of sp³-hybridized carbons (Fsp3) is 0.409. The lowest BCUT2D eigenvalue weighted by Crippen LogP contribution is -2.60. The van der Waals surface area contributed by atoms with Gasteiger partial charge >= 0.3 is 0 Å². The highest BCUT2D eigenvalue weighted by Gasteiger charge is 2.38. The number of piperidine rings is 1. The Hall–Kier alpha value is -2.20. The zero-order valence-electron chi connectivity index (χ0n) is 17.6. The molecule has 0 unspecified atom stereocenters. The summed E-state index contributed by atoms with van der Waals surface area (Å²) in [5.74, 6) is 1.26. The van der Waals surface area contributed by atoms with Crippen molar-refractivity contribution in [2.45, 2.75) is 57.7 Å². The molecule has 1 aromatic carbocycles. The zero-order chi connectivity index (χ0) is 21.4. The van der Waals surface area contributed by atoms with Crippen molar-refractivity contribution in [1.82, 2.24) is 25.1 Å². The van der Waals surface area contributed by atoms with Crippen LogP contribution in [0.2, 0.25) is 0 Å². The van der Waals surface area contributed by atoms with Gasteiger partial charge in [0, 0.05) is 54.0 Å². The Morgan fingerprint density at radius 3 is 2.43 bits per heavy atom. The van der Waals surface area contributed by atoms with Crippen LogP contribution in [0.3, 0.4) is 0 Å². The first-order valence-electron chi connectivity index (χ1n) is 9.96. The molecule has 0 radical (unpaired) electrons. The minimum Gasteiger partial charge on any atom is -0.473 e. The standard InChI is InChI=1S/C22H26IN5O2/c1-21(2)12-16(13-22(3,4)27-21)29-20-8-7-18(25-26-20)17-6-5-15(11-19(17)30-23)28-10-9-24-14-28/h5-11,14,16,27H,12-13H2,1-4H3. The molecule has 8 heteroatoms. The number of hydrogen-bond donors (Lipinski definition) is 1. The number of nitrogens with zero attached hydrogens (tertiary/aromatic N) is 4. The van der Waals surface area contributed by atoms with E-state index in [1.165, 1.54) is 0 Å². The molecule has 158 valence electrons. The molecular weight excluding hydrogens is 493 g/mol. The Labute approximate surface area is 190 Å². The molecule has 1 saturated heterocycles. The van der Waals surface area contributed by atoms with E-state index in [4.69, 9.17) is 7.80 Å². The van der Waals surface area contributed by atoms with Crippen LogP contribution in [0.15, 0.2) is 49.1 Å². The van der Waals surface area contributed by atoms with Gasteiger partial charge in [0.15, 0.2) is 23.0 Å². The van der Waals surface area contributed by atoms with Crippen LogP contribution >= 0.6 is 23.0 Å². The summed E-state index contributed by atoms with van der Waals surface area (Å²) in [6, 6.07) is 9.73. The van der Waals surface area contributed by atoms with Crippen molar-refractivity contribution in [3.05, 3.63) is 49.1 Å². The SMILES string of the molecule is CC1(C)CC(Oc2ccc(-c3ccc(-n4ccnc4)cc3OI)nn2)CC(C)(C)N1. The number of ether oxygens (including phenoxy) is 1. The second kappa shape index (κ2) is 8.14. The van der Waals surface area contributed by atoms with Crippen molar-refractivity contribution in [1.29, 1.82) is 0 Å². The highest BCUT2D eigenvalue weighted by atomic mass is 127. The predicted octanol–water partition coefficient (Wildman–Crippen LogP) is 4.75. The Balaban J connectivity index is 1.52. The van der Waals surface area contributed by atoms with Gasteiger partial charge in [-0.25, -0.2) is 4.98 Å². The topological polar surface area (TPSA) is 74.1 Å². The van der Waals surface area contributed by atoms with Crippen molar-refractivity contribution >= 4 is 23.0 Å². The lowest BCUT2D eigenvalue weighted by atomic mass is 9.81. The molecule has 0 atom stereocenters. The molecule has 1 aliphatic rings. The van der Waals surface area contributed by atoms with E-state index < -0.39 is 0 Å². The Morgan fingerprint density at radius 2 is 1.83 bits per heavy atom. The van der Waals surface area contributed by atoms with Gasteiger partial charge in [-0.3, -0.25) is 0 Å². The van der Waals surface area contributed by atoms with Gasteiger partial charge in [0.25, 0.3) is 0 Å². The highest BCUT2D eigenvalue weighted by Crippen LogP contribution is 2.34. The second-order valence-electron chi connectivity index (χ2n) is 9.03. The highest BCUT2D eigenvalue weighted by molar-refractivity contribution is 14.1. The number of benzene rings is 1. The third-order valence-corrected chi connectivity index (χ3v) is 5.68. The van der Waals surface area contributed by atoms with E-state index in [2.05, 4.69) is 48.2 Å². The van der Waals surface area contributed by atoms with Crippen LogP contribution in [-0.4, -0.2) is 36.9 Å². The van der Waals surface area contributed by atoms with Gasteiger partial charge in [0.05, 0.1) is 17.7 Å². The normalized spacial score (nSPS) is 18.2. The summed E-state index contributed by atoms with van der Waals surface area (Å²) in [6.07, 6.45) is 7.32. The monoisotopic (exact) mass is 519 g/mol. The van der Waals surface area contributed by atoms with Gasteiger partial charge in [-0.05, 0) is 45.9 Å². The molecule has 4 rings (SSSR count). The van der Waals surface area contributed by atoms with Gasteiger partial charge in [0.2, 0.25) is 5.88 Å². The average molecular weight is 519 g/mol. The lowest BCUT2D eigenvalue weighted by Gasteiger charge is -2.46. The van der Waals surface area contributed by atoms with Gasteiger partial charge in [-0.1, -0.05) is 0 Å². The molecule has 30 heavy (non-hydrogen) atoms. The van der Waals surface area contributed by atoms with Gasteiger partial charge < -0.3 is 17.7 Å². The van der Waals surface area contributed by atoms with E-state index in [9.17, 15) is 0 Å². The molecule has 3 heterocycles. The van der Waals surface area contributed by atoms with E-state index >= 15 is 0 Å². The van der Waals surface area contributed by atoms with Gasteiger partial charge in [0.1, 0.15) is 11.9 Å². The molecule has 0 bridgehead atoms. The predicted molar refractivity (Wildman–Crippen MR) is 124 cm³/mol. The minimum atomic E-state index is 0.0172. The Kier molecular flexibility index (Phi) is 5.71. The van der Waals surface area contributed by atoms with Crippen LogP contribution in [0, 0.1) is 0 Å². The van der Waals surface area contributed by atoms with E-state index in [1.807, 2.05) is 64.1 Å². The molecular formula is C22H26IN5O2. The molecule has 1 N–H and O–H groups in total. The zero-order valence-corrected chi connectivity index (χ0v) is 19.8. The summed E-state index contributed by atoms with van der Waals surface area (Å²) in [6.45, 7) is 8.83. The fourth-order valence-electron chi connectivity index (χ4n) is 4.37. The van der Waals surface area contributed by atoms with Gasteiger partial charge in [-0.15, -0.1) is 10.2 Å². The summed E-state index contributed by atoms with van der Waals surface area (Å²) >= 11 is 1.89. The first-order valence-corrected chi connectivity index (χ1v) is 10.8. The number of aromatic nitrogens is 4. The van der Waals surface area contributed by atoms with Crippen LogP contribution in [0.5, 0.6) is 11.6 Å². The number of halogens is 1. The van der Waals surface area contributed by atoms with Crippen LogP contribution in [0.1, 0.15) is 40.5 Å². The smallest absolute Gasteiger partial charge is 0.233 e. The molecule has 3 aromatic rings. The van der Waals surface area contributed by atoms with Crippen LogP contribution < -0.4 is 13.1 Å². The van der Waals surface area contributed by atoms with E-state index in [1.54, 1.807) is 12.5 Å². The summed E-state index contributed by atoms with van der Waals surface area (Å²) in [7, 11) is 0. The number of imidazole rings is 1. The van der Waals surface area contributed by atoms with Crippen molar-refractivity contribution in [2.24, 2.45) is 0 Å². The third-order valence-electron chi connectivity index (χ3n) is 5.21. The maximum atomic E-state index is 6.19. The number of hydrogen-bond acceptors (Lipinski definition) is 6. The van der Waals surface area contributed by atoms with Crippen molar-refractivity contribution in [3.63, 3.8) is 0 Å².